The molecular formula is C38H47FN6O3. The molecule has 1 aromatic carbocycles. The number of pyridine rings is 1. The number of nitrogens with zero attached hydrogens (tertiary/aromatic N) is 5. The van der Waals surface area contributed by atoms with Crippen LogP contribution in [0.5, 0.6) is 0 Å². The molecule has 10 heteroatoms. The molecule has 3 aromatic heterocycles. The number of halogens is 1. The topological polar surface area (TPSA) is 109 Å². The number of likely N-dealkylation sites (tertiary alicyclic amines) is 2. The van der Waals surface area contributed by atoms with Crippen LogP contribution in [0.1, 0.15) is 85.2 Å². The summed E-state index contributed by atoms with van der Waals surface area (Å²) in [6.45, 7) is 5.01. The fraction of sp³-hybridized carbons (Fsp3) is 0.553. The van der Waals surface area contributed by atoms with Gasteiger partial charge < -0.3 is 25.2 Å². The Bertz CT molecular complexity index is 1840. The Kier molecular flexibility index (Phi) is 8.27. The van der Waals surface area contributed by atoms with Crippen molar-refractivity contribution in [2.75, 3.05) is 26.2 Å². The first-order chi connectivity index (χ1) is 23.2. The highest BCUT2D eigenvalue weighted by molar-refractivity contribution is 5.95. The first kappa shape index (κ1) is 31.5. The number of alkyl halides is 1. The van der Waals surface area contributed by atoms with Gasteiger partial charge in [0.2, 0.25) is 5.91 Å². The number of para-hydroxylation sites is 1. The van der Waals surface area contributed by atoms with E-state index in [-0.39, 0.29) is 42.8 Å². The summed E-state index contributed by atoms with van der Waals surface area (Å²) < 4.78 is 18.5. The molecule has 4 aromatic rings. The van der Waals surface area contributed by atoms with E-state index in [0.29, 0.717) is 23.9 Å². The maximum absolute atomic E-state index is 14.2. The standard InChI is InChI=1S/C38H47FN6O3/c1-23-33-12-9-28(38(48)43-21-29(39)18-30(40)22-43)20-45(33)41-35(23)34-17-27-3-2-4-32(36(27)44(34)19-24-5-6-24)25-13-15-42(16-14-25)37(47)26-7-10-31(46)11-8-26/h2-4,9,12,17,20,24-26,29-31,46H,5-8,10-11,13-16,18-19,21-22,40H2,1H3/t26?,29-,30-,31?/m1/s1. The van der Waals surface area contributed by atoms with Crippen LogP contribution in [-0.2, 0) is 11.3 Å². The maximum atomic E-state index is 14.2. The Morgan fingerprint density at radius 2 is 1.75 bits per heavy atom. The molecule has 0 bridgehead atoms. The molecule has 48 heavy (non-hydrogen) atoms. The number of aliphatic hydroxyl groups is 1. The molecule has 2 aliphatic carbocycles. The summed E-state index contributed by atoms with van der Waals surface area (Å²) in [5.41, 5.74) is 13.1. The Morgan fingerprint density at radius 1 is 0.979 bits per heavy atom. The summed E-state index contributed by atoms with van der Waals surface area (Å²) in [6.07, 6.45) is 8.10. The third kappa shape index (κ3) is 5.91. The summed E-state index contributed by atoms with van der Waals surface area (Å²) in [5.74, 6) is 1.13. The molecule has 0 radical (unpaired) electrons. The van der Waals surface area contributed by atoms with Crippen molar-refractivity contribution in [3.63, 3.8) is 0 Å². The second kappa shape index (κ2) is 12.6. The van der Waals surface area contributed by atoms with Crippen molar-refractivity contribution in [2.45, 2.75) is 95.5 Å². The summed E-state index contributed by atoms with van der Waals surface area (Å²) in [7, 11) is 0. The number of aryl methyl sites for hydroxylation is 1. The van der Waals surface area contributed by atoms with E-state index in [0.717, 1.165) is 80.6 Å². The molecule has 5 heterocycles. The van der Waals surface area contributed by atoms with Crippen LogP contribution >= 0.6 is 0 Å². The van der Waals surface area contributed by atoms with Crippen molar-refractivity contribution in [1.29, 1.82) is 0 Å². The number of fused-ring (bicyclic) bond motifs is 2. The minimum Gasteiger partial charge on any atom is -0.393 e. The molecule has 2 saturated heterocycles. The quantitative estimate of drug-likeness (QED) is 0.288. The normalized spacial score (nSPS) is 25.7. The van der Waals surface area contributed by atoms with Crippen molar-refractivity contribution < 1.29 is 19.1 Å². The lowest BCUT2D eigenvalue weighted by Gasteiger charge is -2.36. The molecule has 0 spiro atoms. The van der Waals surface area contributed by atoms with E-state index in [4.69, 9.17) is 10.8 Å². The zero-order valence-electron chi connectivity index (χ0n) is 27.9. The largest absolute Gasteiger partial charge is 0.393 e. The summed E-state index contributed by atoms with van der Waals surface area (Å²) in [6, 6.07) is 12.3. The lowest BCUT2D eigenvalue weighted by molar-refractivity contribution is -0.138. The molecule has 2 aliphatic heterocycles. The number of benzene rings is 1. The maximum Gasteiger partial charge on any atom is 0.255 e. The Balaban J connectivity index is 1.09. The van der Waals surface area contributed by atoms with Gasteiger partial charge in [0.05, 0.1) is 34.9 Å². The molecule has 2 saturated carbocycles. The second-order valence-corrected chi connectivity index (χ2v) is 15.0. The monoisotopic (exact) mass is 654 g/mol. The number of rotatable bonds is 6. The first-order valence-corrected chi connectivity index (χ1v) is 18.0. The number of amides is 2. The number of aromatic nitrogens is 3. The molecule has 3 N–H and O–H groups in total. The van der Waals surface area contributed by atoms with Gasteiger partial charge in [-0.05, 0) is 100 Å². The van der Waals surface area contributed by atoms with Crippen LogP contribution < -0.4 is 5.73 Å². The van der Waals surface area contributed by atoms with Gasteiger partial charge in [0.15, 0.2) is 0 Å². The highest BCUT2D eigenvalue weighted by Gasteiger charge is 2.34. The first-order valence-electron chi connectivity index (χ1n) is 18.0. The number of aliphatic hydroxyl groups excluding tert-OH is 1. The van der Waals surface area contributed by atoms with Gasteiger partial charge in [-0.2, -0.15) is 5.10 Å². The van der Waals surface area contributed by atoms with Gasteiger partial charge in [-0.3, -0.25) is 9.59 Å². The highest BCUT2D eigenvalue weighted by atomic mass is 19.1. The molecule has 4 aliphatic rings. The zero-order valence-corrected chi connectivity index (χ0v) is 27.9. The van der Waals surface area contributed by atoms with Gasteiger partial charge >= 0.3 is 0 Å². The molecular weight excluding hydrogens is 607 g/mol. The van der Waals surface area contributed by atoms with Crippen LogP contribution in [0.4, 0.5) is 4.39 Å². The summed E-state index contributed by atoms with van der Waals surface area (Å²) >= 11 is 0. The van der Waals surface area contributed by atoms with E-state index >= 15 is 0 Å². The summed E-state index contributed by atoms with van der Waals surface area (Å²) in [4.78, 5) is 30.3. The van der Waals surface area contributed by atoms with Crippen molar-refractivity contribution in [1.82, 2.24) is 24.0 Å². The van der Waals surface area contributed by atoms with Gasteiger partial charge in [-0.1, -0.05) is 18.2 Å². The number of hydrogen-bond donors (Lipinski definition) is 2. The molecule has 9 nitrogen and oxygen atoms in total. The van der Waals surface area contributed by atoms with Crippen LogP contribution in [0.2, 0.25) is 0 Å². The number of carbonyl (C=O) groups is 2. The van der Waals surface area contributed by atoms with E-state index in [2.05, 4.69) is 40.7 Å². The molecule has 8 rings (SSSR count). The third-order valence-corrected chi connectivity index (χ3v) is 11.5. The zero-order chi connectivity index (χ0) is 33.1. The van der Waals surface area contributed by atoms with E-state index in [9.17, 15) is 19.1 Å². The van der Waals surface area contributed by atoms with Gasteiger partial charge in [0.1, 0.15) is 11.9 Å². The fourth-order valence-corrected chi connectivity index (χ4v) is 8.59. The molecule has 0 unspecified atom stereocenters. The Morgan fingerprint density at radius 3 is 2.48 bits per heavy atom. The SMILES string of the molecule is Cc1c(-c2cc3cccc(C4CCN(C(=O)C5CCC(O)CC5)CC4)c3n2CC2CC2)nn2cc(C(=O)N3C[C@H](N)C[C@@H](F)C3)ccc12. The Hall–Kier alpha value is -3.76. The van der Waals surface area contributed by atoms with E-state index in [1.807, 2.05) is 12.1 Å². The second-order valence-electron chi connectivity index (χ2n) is 15.0. The number of nitrogens with two attached hydrogens (primary N) is 1. The van der Waals surface area contributed by atoms with Crippen molar-refractivity contribution in [2.24, 2.45) is 17.6 Å². The molecule has 2 amide bonds. The van der Waals surface area contributed by atoms with E-state index in [1.165, 1.54) is 34.2 Å². The van der Waals surface area contributed by atoms with Crippen molar-refractivity contribution in [3.05, 3.63) is 59.3 Å². The number of piperidine rings is 2. The predicted molar refractivity (Wildman–Crippen MR) is 183 cm³/mol. The van der Waals surface area contributed by atoms with E-state index in [1.54, 1.807) is 10.7 Å². The highest BCUT2D eigenvalue weighted by Crippen LogP contribution is 2.41. The average Bonchev–Trinajstić information content (AvgIpc) is 3.76. The number of hydrogen-bond acceptors (Lipinski definition) is 5. The molecule has 254 valence electrons. The van der Waals surface area contributed by atoms with Crippen LogP contribution in [0.3, 0.4) is 0 Å². The molecule has 4 fully saturated rings. The lowest BCUT2D eigenvalue weighted by atomic mass is 9.84. The van der Waals surface area contributed by atoms with Crippen LogP contribution in [0.15, 0.2) is 42.6 Å². The van der Waals surface area contributed by atoms with Gasteiger partial charge in [-0.15, -0.1) is 0 Å². The smallest absolute Gasteiger partial charge is 0.255 e. The van der Waals surface area contributed by atoms with Gasteiger partial charge in [0, 0.05) is 55.3 Å². The third-order valence-electron chi connectivity index (χ3n) is 11.5. The van der Waals surface area contributed by atoms with Gasteiger partial charge in [-0.25, -0.2) is 8.91 Å². The lowest BCUT2D eigenvalue weighted by Crippen LogP contribution is -2.50. The van der Waals surface area contributed by atoms with Crippen LogP contribution in [0, 0.1) is 18.8 Å². The van der Waals surface area contributed by atoms with Gasteiger partial charge in [0.25, 0.3) is 5.91 Å². The molecule has 2 atom stereocenters. The van der Waals surface area contributed by atoms with Crippen LogP contribution in [-0.4, -0.2) is 85.4 Å². The number of carbonyl (C=O) groups excluding carboxylic acids is 2. The Labute approximate surface area is 280 Å². The van der Waals surface area contributed by atoms with Crippen LogP contribution in [0.25, 0.3) is 27.8 Å². The fourth-order valence-electron chi connectivity index (χ4n) is 8.59. The van der Waals surface area contributed by atoms with Crippen molar-refractivity contribution >= 4 is 28.2 Å². The minimum absolute atomic E-state index is 0.0557. The van der Waals surface area contributed by atoms with E-state index < -0.39 is 6.17 Å². The average molecular weight is 655 g/mol. The predicted octanol–water partition coefficient (Wildman–Crippen LogP) is 5.44. The van der Waals surface area contributed by atoms with Crippen molar-refractivity contribution in [3.8, 4) is 11.4 Å². The minimum atomic E-state index is -1.11. The summed E-state index contributed by atoms with van der Waals surface area (Å²) in [5, 5.41) is 16.2.